The molecule has 4 aromatic heterocycles. The van der Waals surface area contributed by atoms with Gasteiger partial charge in [0.05, 0.1) is 22.1 Å². The van der Waals surface area contributed by atoms with Crippen LogP contribution in [-0.2, 0) is 0 Å². The maximum atomic E-state index is 6.65. The van der Waals surface area contributed by atoms with E-state index in [0.29, 0.717) is 0 Å². The normalized spacial score (nSPS) is 12.1. The van der Waals surface area contributed by atoms with Gasteiger partial charge in [-0.15, -0.1) is 11.3 Å². The summed E-state index contributed by atoms with van der Waals surface area (Å²) in [7, 11) is 0. The van der Waals surface area contributed by atoms with Gasteiger partial charge in [-0.2, -0.15) is 0 Å². The number of aromatic nitrogens is 3. The molecule has 0 spiro atoms. The van der Waals surface area contributed by atoms with Crippen molar-refractivity contribution in [1.82, 2.24) is 14.1 Å². The summed E-state index contributed by atoms with van der Waals surface area (Å²) in [5.41, 5.74) is 11.7. The van der Waals surface area contributed by atoms with E-state index in [2.05, 4.69) is 173 Å². The Bertz CT molecular complexity index is 3440. The predicted octanol–water partition coefficient (Wildman–Crippen LogP) is 13.7. The lowest BCUT2D eigenvalue weighted by Crippen LogP contribution is -1.97. The number of benzene rings is 8. The Morgan fingerprint density at radius 1 is 0.444 bits per heavy atom. The molecule has 0 amide bonds. The lowest BCUT2D eigenvalue weighted by atomic mass is 9.98. The van der Waals surface area contributed by atoms with Gasteiger partial charge in [0.15, 0.2) is 0 Å². The van der Waals surface area contributed by atoms with Crippen molar-refractivity contribution in [3.8, 4) is 33.9 Å². The number of para-hydroxylation sites is 4. The largest absolute Gasteiger partial charge is 0.456 e. The molecule has 252 valence electrons. The smallest absolute Gasteiger partial charge is 0.145 e. The molecule has 0 radical (unpaired) electrons. The summed E-state index contributed by atoms with van der Waals surface area (Å²) in [4.78, 5) is 5.08. The second-order valence-electron chi connectivity index (χ2n) is 13.9. The molecule has 0 unspecified atom stereocenters. The molecule has 0 N–H and O–H groups in total. The van der Waals surface area contributed by atoms with Crippen LogP contribution in [0, 0.1) is 0 Å². The van der Waals surface area contributed by atoms with Crippen LogP contribution in [0.2, 0.25) is 0 Å². The SMILES string of the molecule is c1ccc(-n2c(-c3ccc(-c4cccc5oc6cc(-n7c8ccccc8c8c9sc%10ccccc%10c9ccc87)ccc6c45)cc3)nc3ccccc32)cc1. The number of hydrogen-bond acceptors (Lipinski definition) is 3. The van der Waals surface area contributed by atoms with E-state index >= 15 is 0 Å². The van der Waals surface area contributed by atoms with Crippen molar-refractivity contribution in [1.29, 1.82) is 0 Å². The van der Waals surface area contributed by atoms with Gasteiger partial charge < -0.3 is 8.98 Å². The summed E-state index contributed by atoms with van der Waals surface area (Å²) in [6.07, 6.45) is 0. The number of hydrogen-bond donors (Lipinski definition) is 0. The quantitative estimate of drug-likeness (QED) is 0.183. The zero-order valence-electron chi connectivity index (χ0n) is 28.9. The highest BCUT2D eigenvalue weighted by molar-refractivity contribution is 7.26. The van der Waals surface area contributed by atoms with Gasteiger partial charge in [-0.3, -0.25) is 4.57 Å². The Balaban J connectivity index is 0.994. The number of thiophene rings is 1. The third-order valence-electron chi connectivity index (χ3n) is 10.9. The Morgan fingerprint density at radius 3 is 2.07 bits per heavy atom. The summed E-state index contributed by atoms with van der Waals surface area (Å²) >= 11 is 1.88. The highest BCUT2D eigenvalue weighted by atomic mass is 32.1. The van der Waals surface area contributed by atoms with Crippen LogP contribution in [0.4, 0.5) is 0 Å². The van der Waals surface area contributed by atoms with Gasteiger partial charge in [0.25, 0.3) is 0 Å². The van der Waals surface area contributed by atoms with Gasteiger partial charge in [-0.1, -0.05) is 109 Å². The molecule has 12 aromatic rings. The Morgan fingerprint density at radius 2 is 1.19 bits per heavy atom. The highest BCUT2D eigenvalue weighted by Gasteiger charge is 2.20. The van der Waals surface area contributed by atoms with Crippen molar-refractivity contribution in [3.05, 3.63) is 176 Å². The average Bonchev–Trinajstić information content (AvgIpc) is 3.99. The number of nitrogens with zero attached hydrogens (tertiary/aromatic N) is 3. The second-order valence-corrected chi connectivity index (χ2v) is 15.0. The molecule has 0 aliphatic carbocycles. The summed E-state index contributed by atoms with van der Waals surface area (Å²) in [6, 6.07) is 62.7. The average molecular weight is 708 g/mol. The molecule has 0 saturated carbocycles. The van der Waals surface area contributed by atoms with E-state index in [9.17, 15) is 0 Å². The fourth-order valence-corrected chi connectivity index (χ4v) is 9.82. The first-order valence-electron chi connectivity index (χ1n) is 18.2. The number of fused-ring (bicyclic) bond motifs is 11. The van der Waals surface area contributed by atoms with E-state index in [4.69, 9.17) is 9.40 Å². The summed E-state index contributed by atoms with van der Waals surface area (Å²) in [6.45, 7) is 0. The van der Waals surface area contributed by atoms with E-state index in [-0.39, 0.29) is 0 Å². The topological polar surface area (TPSA) is 35.9 Å². The Hall–Kier alpha value is -6.95. The monoisotopic (exact) mass is 707 g/mol. The van der Waals surface area contributed by atoms with Crippen LogP contribution in [0.3, 0.4) is 0 Å². The minimum absolute atomic E-state index is 0.872. The summed E-state index contributed by atoms with van der Waals surface area (Å²) < 4.78 is 13.9. The van der Waals surface area contributed by atoms with Crippen molar-refractivity contribution in [2.75, 3.05) is 0 Å². The van der Waals surface area contributed by atoms with Crippen LogP contribution in [0.25, 0.3) is 109 Å². The standard InChI is InChI=1S/C49H29N3OS/c1-2-11-32(12-3-1)52-41-18-8-6-16-39(41)50-49(52)31-23-21-30(22-24-31)34-15-10-19-43-46(34)38-26-25-33(29-44(38)53-43)51-40-17-7-4-14-37(40)47-42(51)28-27-36-35-13-5-9-20-45(35)54-48(36)47/h1-29H. The molecule has 8 aromatic carbocycles. The van der Waals surface area contributed by atoms with Crippen LogP contribution in [0.1, 0.15) is 0 Å². The highest BCUT2D eigenvalue weighted by Crippen LogP contribution is 2.44. The summed E-state index contributed by atoms with van der Waals surface area (Å²) in [5, 5.41) is 7.43. The van der Waals surface area contributed by atoms with E-state index in [1.54, 1.807) is 0 Å². The molecule has 0 bridgehead atoms. The minimum Gasteiger partial charge on any atom is -0.456 e. The van der Waals surface area contributed by atoms with Crippen molar-refractivity contribution in [3.63, 3.8) is 0 Å². The van der Waals surface area contributed by atoms with E-state index in [1.165, 1.54) is 42.0 Å². The third-order valence-corrected chi connectivity index (χ3v) is 12.2. The molecule has 0 aliphatic rings. The lowest BCUT2D eigenvalue weighted by molar-refractivity contribution is 0.668. The minimum atomic E-state index is 0.872. The van der Waals surface area contributed by atoms with Gasteiger partial charge >= 0.3 is 0 Å². The number of furan rings is 1. The van der Waals surface area contributed by atoms with Crippen LogP contribution in [-0.4, -0.2) is 14.1 Å². The molecule has 0 aliphatic heterocycles. The number of rotatable bonds is 4. The first-order chi connectivity index (χ1) is 26.8. The van der Waals surface area contributed by atoms with E-state index in [1.807, 2.05) is 23.5 Å². The zero-order valence-corrected chi connectivity index (χ0v) is 29.7. The Labute approximate surface area is 313 Å². The second kappa shape index (κ2) is 11.3. The summed E-state index contributed by atoms with van der Waals surface area (Å²) in [5.74, 6) is 0.923. The van der Waals surface area contributed by atoms with E-state index in [0.717, 1.165) is 66.9 Å². The molecule has 0 saturated heterocycles. The van der Waals surface area contributed by atoms with Crippen LogP contribution in [0.5, 0.6) is 0 Å². The predicted molar refractivity (Wildman–Crippen MR) is 226 cm³/mol. The Kier molecular flexibility index (Phi) is 6.18. The maximum Gasteiger partial charge on any atom is 0.145 e. The fourth-order valence-electron chi connectivity index (χ4n) is 8.56. The van der Waals surface area contributed by atoms with Crippen LogP contribution in [0.15, 0.2) is 180 Å². The molecular formula is C49H29N3OS. The van der Waals surface area contributed by atoms with E-state index < -0.39 is 0 Å². The van der Waals surface area contributed by atoms with Gasteiger partial charge in [0.2, 0.25) is 0 Å². The fraction of sp³-hybridized carbons (Fsp3) is 0. The van der Waals surface area contributed by atoms with Crippen molar-refractivity contribution >= 4 is 86.3 Å². The molecular weight excluding hydrogens is 679 g/mol. The van der Waals surface area contributed by atoms with Gasteiger partial charge in [-0.05, 0) is 71.8 Å². The van der Waals surface area contributed by atoms with Gasteiger partial charge in [0.1, 0.15) is 17.0 Å². The molecule has 0 atom stereocenters. The van der Waals surface area contributed by atoms with Gasteiger partial charge in [-0.25, -0.2) is 4.98 Å². The number of imidazole rings is 1. The van der Waals surface area contributed by atoms with Crippen LogP contribution >= 0.6 is 11.3 Å². The van der Waals surface area contributed by atoms with Crippen LogP contribution < -0.4 is 0 Å². The lowest BCUT2D eigenvalue weighted by Gasteiger charge is -2.10. The maximum absolute atomic E-state index is 6.65. The molecule has 4 heterocycles. The third kappa shape index (κ3) is 4.21. The molecule has 12 rings (SSSR count). The molecule has 0 fully saturated rings. The van der Waals surface area contributed by atoms with Gasteiger partial charge in [0, 0.05) is 64.7 Å². The van der Waals surface area contributed by atoms with Crippen molar-refractivity contribution in [2.45, 2.75) is 0 Å². The van der Waals surface area contributed by atoms with Crippen molar-refractivity contribution < 1.29 is 4.42 Å². The zero-order chi connectivity index (χ0) is 35.3. The van der Waals surface area contributed by atoms with Crippen molar-refractivity contribution in [2.24, 2.45) is 0 Å². The first kappa shape index (κ1) is 29.6. The first-order valence-corrected chi connectivity index (χ1v) is 19.0. The molecule has 54 heavy (non-hydrogen) atoms. The molecule has 5 heteroatoms. The molecule has 4 nitrogen and oxygen atoms in total.